The standard InChI is InChI=1S/C20H24F6Si2/c1-27(2,17-9-5-15(6-10-17)19(21,22)23)13-14-28(3,4)18-11-7-16(8-12-18)20(24,25)26/h5-12H,13-14H2,1-4H3. The molecule has 2 aromatic carbocycles. The van der Waals surface area contributed by atoms with Gasteiger partial charge in [-0.25, -0.2) is 0 Å². The summed E-state index contributed by atoms with van der Waals surface area (Å²) in [5.41, 5.74) is -1.30. The molecule has 8 heteroatoms. The Hall–Kier alpha value is -1.55. The van der Waals surface area contributed by atoms with Gasteiger partial charge < -0.3 is 0 Å². The molecule has 0 bridgehead atoms. The molecule has 0 spiro atoms. The van der Waals surface area contributed by atoms with E-state index in [1.54, 1.807) is 24.3 Å². The second-order valence-electron chi connectivity index (χ2n) is 8.42. The van der Waals surface area contributed by atoms with Crippen LogP contribution in [0, 0.1) is 0 Å². The van der Waals surface area contributed by atoms with E-state index in [2.05, 4.69) is 26.2 Å². The largest absolute Gasteiger partial charge is 0.416 e. The lowest BCUT2D eigenvalue weighted by atomic mass is 10.2. The second kappa shape index (κ2) is 7.70. The molecule has 0 saturated heterocycles. The summed E-state index contributed by atoms with van der Waals surface area (Å²) in [5, 5.41) is 1.91. The summed E-state index contributed by atoms with van der Waals surface area (Å²) in [6, 6.07) is 12.5. The van der Waals surface area contributed by atoms with Crippen LogP contribution in [0.3, 0.4) is 0 Å². The van der Waals surface area contributed by atoms with Crippen LogP contribution < -0.4 is 10.4 Å². The van der Waals surface area contributed by atoms with Crippen molar-refractivity contribution in [3.8, 4) is 0 Å². The molecule has 0 aliphatic heterocycles. The first-order valence-corrected chi connectivity index (χ1v) is 15.4. The summed E-state index contributed by atoms with van der Waals surface area (Å²) < 4.78 is 76.5. The molecule has 2 aromatic rings. The SMILES string of the molecule is C[Si](C)(CC[Si](C)(C)c1ccc(C(F)(F)F)cc1)c1ccc(C(F)(F)F)cc1. The smallest absolute Gasteiger partial charge is 0.166 e. The third-order valence-corrected chi connectivity index (χ3v) is 12.7. The van der Waals surface area contributed by atoms with Gasteiger partial charge in [-0.3, -0.25) is 0 Å². The summed E-state index contributed by atoms with van der Waals surface area (Å²) in [4.78, 5) is 0. The lowest BCUT2D eigenvalue weighted by Crippen LogP contribution is -2.47. The maximum Gasteiger partial charge on any atom is 0.416 e. The molecule has 0 aliphatic rings. The Labute approximate surface area is 163 Å². The van der Waals surface area contributed by atoms with Gasteiger partial charge in [0, 0.05) is 0 Å². The molecule has 0 heterocycles. The van der Waals surface area contributed by atoms with Crippen LogP contribution in [0.15, 0.2) is 48.5 Å². The molecule has 0 amide bonds. The number of benzene rings is 2. The van der Waals surface area contributed by atoms with E-state index in [1.807, 2.05) is 0 Å². The van der Waals surface area contributed by atoms with Gasteiger partial charge in [0.15, 0.2) is 0 Å². The van der Waals surface area contributed by atoms with Gasteiger partial charge in [0.2, 0.25) is 0 Å². The third kappa shape index (κ3) is 5.50. The molecule has 154 valence electrons. The van der Waals surface area contributed by atoms with Crippen molar-refractivity contribution in [2.75, 3.05) is 0 Å². The van der Waals surface area contributed by atoms with Crippen LogP contribution >= 0.6 is 0 Å². The normalized spacial score (nSPS) is 13.6. The summed E-state index contributed by atoms with van der Waals surface area (Å²) in [7, 11) is -3.92. The molecule has 0 nitrogen and oxygen atoms in total. The van der Waals surface area contributed by atoms with E-state index >= 15 is 0 Å². The summed E-state index contributed by atoms with van der Waals surface area (Å²) in [5.74, 6) is 0. The number of hydrogen-bond donors (Lipinski definition) is 0. The van der Waals surface area contributed by atoms with Gasteiger partial charge in [0.25, 0.3) is 0 Å². The van der Waals surface area contributed by atoms with Gasteiger partial charge >= 0.3 is 12.4 Å². The van der Waals surface area contributed by atoms with Crippen LogP contribution in [-0.2, 0) is 12.4 Å². The molecular weight excluding hydrogens is 410 g/mol. The van der Waals surface area contributed by atoms with Crippen LogP contribution in [0.4, 0.5) is 26.3 Å². The van der Waals surface area contributed by atoms with E-state index in [0.717, 1.165) is 46.7 Å². The second-order valence-corrected chi connectivity index (χ2v) is 18.1. The molecule has 28 heavy (non-hydrogen) atoms. The Morgan fingerprint density at radius 3 is 1.00 bits per heavy atom. The predicted molar refractivity (Wildman–Crippen MR) is 107 cm³/mol. The van der Waals surface area contributed by atoms with Crippen LogP contribution in [0.25, 0.3) is 0 Å². The molecule has 0 aliphatic carbocycles. The lowest BCUT2D eigenvalue weighted by Gasteiger charge is -2.30. The van der Waals surface area contributed by atoms with E-state index in [4.69, 9.17) is 0 Å². The molecule has 0 saturated carbocycles. The first-order valence-electron chi connectivity index (χ1n) is 8.98. The fourth-order valence-corrected chi connectivity index (χ4v) is 10.8. The highest BCUT2D eigenvalue weighted by Crippen LogP contribution is 2.30. The van der Waals surface area contributed by atoms with Crippen molar-refractivity contribution in [1.29, 1.82) is 0 Å². The fraction of sp³-hybridized carbons (Fsp3) is 0.400. The van der Waals surface area contributed by atoms with Gasteiger partial charge in [-0.05, 0) is 0 Å². The maximum absolute atomic E-state index is 12.8. The van der Waals surface area contributed by atoms with Gasteiger partial charge in [0.05, 0.1) is 27.3 Å². The zero-order valence-corrected chi connectivity index (χ0v) is 18.3. The fourth-order valence-electron chi connectivity index (χ4n) is 3.13. The Kier molecular flexibility index (Phi) is 6.26. The third-order valence-electron chi connectivity index (χ3n) is 5.36. The molecule has 0 unspecified atom stereocenters. The topological polar surface area (TPSA) is 0 Å². The zero-order chi connectivity index (χ0) is 21.4. The Balaban J connectivity index is 2.12. The van der Waals surface area contributed by atoms with Crippen LogP contribution in [0.2, 0.25) is 38.3 Å². The highest BCUT2D eigenvalue weighted by Gasteiger charge is 2.34. The minimum atomic E-state index is -4.35. The minimum absolute atomic E-state index is 0.652. The highest BCUT2D eigenvalue weighted by atomic mass is 28.3. The summed E-state index contributed by atoms with van der Waals surface area (Å²) in [6.07, 6.45) is -8.69. The molecule has 0 aromatic heterocycles. The highest BCUT2D eigenvalue weighted by molar-refractivity contribution is 6.94. The maximum atomic E-state index is 12.8. The molecule has 2 rings (SSSR count). The number of hydrogen-bond acceptors (Lipinski definition) is 0. The van der Waals surface area contributed by atoms with Gasteiger partial charge in [-0.15, -0.1) is 0 Å². The lowest BCUT2D eigenvalue weighted by molar-refractivity contribution is -0.138. The predicted octanol–water partition coefficient (Wildman–Crippen LogP) is 6.26. The van der Waals surface area contributed by atoms with Gasteiger partial charge in [0.1, 0.15) is 0 Å². The van der Waals surface area contributed by atoms with E-state index in [1.165, 1.54) is 0 Å². The Morgan fingerprint density at radius 1 is 0.536 bits per heavy atom. The monoisotopic (exact) mass is 434 g/mol. The van der Waals surface area contributed by atoms with Crippen molar-refractivity contribution < 1.29 is 26.3 Å². The van der Waals surface area contributed by atoms with Gasteiger partial charge in [-0.2, -0.15) is 26.3 Å². The van der Waals surface area contributed by atoms with Crippen molar-refractivity contribution in [3.63, 3.8) is 0 Å². The van der Waals surface area contributed by atoms with Crippen LogP contribution in [-0.4, -0.2) is 16.1 Å². The van der Waals surface area contributed by atoms with E-state index < -0.39 is 39.6 Å². The van der Waals surface area contributed by atoms with Crippen molar-refractivity contribution in [2.24, 2.45) is 0 Å². The van der Waals surface area contributed by atoms with Crippen molar-refractivity contribution in [1.82, 2.24) is 0 Å². The van der Waals surface area contributed by atoms with Gasteiger partial charge in [-0.1, -0.05) is 97.2 Å². The average Bonchev–Trinajstić information content (AvgIpc) is 2.59. The quantitative estimate of drug-likeness (QED) is 0.385. The molecular formula is C20H24F6Si2. The summed E-state index contributed by atoms with van der Waals surface area (Å²) in [6.45, 7) is 8.47. The Morgan fingerprint density at radius 2 is 0.786 bits per heavy atom. The van der Waals surface area contributed by atoms with Crippen LogP contribution in [0.5, 0.6) is 0 Å². The molecule has 0 fully saturated rings. The van der Waals surface area contributed by atoms with Crippen LogP contribution in [0.1, 0.15) is 11.1 Å². The summed E-state index contributed by atoms with van der Waals surface area (Å²) >= 11 is 0. The number of rotatable bonds is 5. The number of halogens is 6. The first kappa shape index (κ1) is 22.7. The first-order chi connectivity index (χ1) is 12.6. The van der Waals surface area contributed by atoms with E-state index in [-0.39, 0.29) is 0 Å². The number of alkyl halides is 6. The molecule has 0 radical (unpaired) electrons. The van der Waals surface area contributed by atoms with Crippen molar-refractivity contribution in [2.45, 2.75) is 50.6 Å². The minimum Gasteiger partial charge on any atom is -0.166 e. The van der Waals surface area contributed by atoms with E-state index in [0.29, 0.717) is 0 Å². The van der Waals surface area contributed by atoms with Crippen molar-refractivity contribution >= 4 is 26.5 Å². The Bertz CT molecular complexity index is 718. The average molecular weight is 435 g/mol. The zero-order valence-electron chi connectivity index (χ0n) is 16.3. The molecule has 0 atom stereocenters. The molecule has 0 N–H and O–H groups in total. The van der Waals surface area contributed by atoms with Crippen molar-refractivity contribution in [3.05, 3.63) is 59.7 Å². The van der Waals surface area contributed by atoms with E-state index in [9.17, 15) is 26.3 Å².